The van der Waals surface area contributed by atoms with Gasteiger partial charge in [0.25, 0.3) is 0 Å². The van der Waals surface area contributed by atoms with Gasteiger partial charge in [-0.25, -0.2) is 14.6 Å². The normalized spacial score (nSPS) is 10.7. The molecule has 1 aromatic carbocycles. The number of hydrogen-bond donors (Lipinski definition) is 1. The van der Waals surface area contributed by atoms with Gasteiger partial charge in [0.05, 0.1) is 0 Å². The molecule has 2 heterocycles. The third-order valence-corrected chi connectivity index (χ3v) is 4.56. The molecule has 3 rings (SSSR count). The molecule has 0 aliphatic rings. The van der Waals surface area contributed by atoms with Crippen LogP contribution in [0.25, 0.3) is 11.0 Å². The monoisotopic (exact) mass is 372 g/mol. The Labute approximate surface area is 152 Å². The van der Waals surface area contributed by atoms with E-state index in [9.17, 15) is 14.4 Å². The quantitative estimate of drug-likeness (QED) is 0.558. The highest BCUT2D eigenvalue weighted by molar-refractivity contribution is 7.14. The minimum Gasteiger partial charge on any atom is -0.456 e. The van der Waals surface area contributed by atoms with Crippen molar-refractivity contribution >= 4 is 39.3 Å². The van der Waals surface area contributed by atoms with Crippen molar-refractivity contribution in [2.45, 2.75) is 27.4 Å². The van der Waals surface area contributed by atoms with Crippen LogP contribution in [-0.4, -0.2) is 16.9 Å². The molecule has 2 aromatic heterocycles. The number of amides is 1. The van der Waals surface area contributed by atoms with E-state index in [2.05, 4.69) is 10.3 Å². The summed E-state index contributed by atoms with van der Waals surface area (Å²) in [6.07, 6.45) is 0. The lowest BCUT2D eigenvalue weighted by Crippen LogP contribution is -2.09. The number of aromatic nitrogens is 1. The lowest BCUT2D eigenvalue weighted by Gasteiger charge is -2.08. The number of anilines is 1. The molecule has 0 bridgehead atoms. The number of carbonyl (C=O) groups excluding carboxylic acids is 2. The highest BCUT2D eigenvalue weighted by atomic mass is 32.1. The minimum atomic E-state index is -0.636. The molecule has 0 saturated carbocycles. The molecule has 1 N–H and O–H groups in total. The first-order valence-corrected chi connectivity index (χ1v) is 8.65. The van der Waals surface area contributed by atoms with Gasteiger partial charge < -0.3 is 14.5 Å². The Kier molecular flexibility index (Phi) is 4.85. The molecular formula is C18H16N2O5S. The molecule has 0 aliphatic heterocycles. The average Bonchev–Trinajstić information content (AvgIpc) is 3.01. The van der Waals surface area contributed by atoms with Crippen LogP contribution in [-0.2, 0) is 16.1 Å². The zero-order valence-corrected chi connectivity index (χ0v) is 15.2. The fourth-order valence-electron chi connectivity index (χ4n) is 2.40. The second kappa shape index (κ2) is 7.09. The summed E-state index contributed by atoms with van der Waals surface area (Å²) in [7, 11) is 0. The van der Waals surface area contributed by atoms with Gasteiger partial charge in [0.2, 0.25) is 5.91 Å². The number of esters is 1. The molecule has 0 unspecified atom stereocenters. The van der Waals surface area contributed by atoms with E-state index >= 15 is 0 Å². The summed E-state index contributed by atoms with van der Waals surface area (Å²) in [6.45, 7) is 5.15. The number of carbonyl (C=O) groups is 2. The topological polar surface area (TPSA) is 98.5 Å². The van der Waals surface area contributed by atoms with Crippen LogP contribution < -0.4 is 10.9 Å². The molecule has 0 spiro atoms. The predicted molar refractivity (Wildman–Crippen MR) is 97.5 cm³/mol. The van der Waals surface area contributed by atoms with Crippen LogP contribution in [0.5, 0.6) is 0 Å². The van der Waals surface area contributed by atoms with Crippen molar-refractivity contribution in [2.24, 2.45) is 0 Å². The van der Waals surface area contributed by atoms with Gasteiger partial charge in [-0.15, -0.1) is 11.3 Å². The molecular weight excluding hydrogens is 356 g/mol. The number of aryl methyl sites for hydroxylation is 2. The number of ether oxygens (including phenoxy) is 1. The Hall–Kier alpha value is -3.00. The van der Waals surface area contributed by atoms with Gasteiger partial charge in [-0.1, -0.05) is 0 Å². The van der Waals surface area contributed by atoms with Crippen molar-refractivity contribution in [3.05, 3.63) is 56.4 Å². The maximum absolute atomic E-state index is 12.2. The van der Waals surface area contributed by atoms with Crippen molar-refractivity contribution < 1.29 is 18.7 Å². The highest BCUT2D eigenvalue weighted by Gasteiger charge is 2.15. The number of fused-ring (bicyclic) bond motifs is 1. The van der Waals surface area contributed by atoms with E-state index in [1.54, 1.807) is 6.07 Å². The van der Waals surface area contributed by atoms with E-state index in [1.807, 2.05) is 19.9 Å². The molecule has 26 heavy (non-hydrogen) atoms. The summed E-state index contributed by atoms with van der Waals surface area (Å²) in [4.78, 5) is 38.9. The zero-order valence-electron chi connectivity index (χ0n) is 14.4. The van der Waals surface area contributed by atoms with Gasteiger partial charge in [-0.3, -0.25) is 4.79 Å². The third kappa shape index (κ3) is 3.80. The molecule has 134 valence electrons. The summed E-state index contributed by atoms with van der Waals surface area (Å²) >= 11 is 1.13. The second-order valence-electron chi connectivity index (χ2n) is 5.82. The SMILES string of the molecule is CC(=O)Nc1nc(C(=O)OCc2cc(=O)oc3cc(C)c(C)cc23)cs1. The van der Waals surface area contributed by atoms with E-state index in [0.29, 0.717) is 16.3 Å². The van der Waals surface area contributed by atoms with Crippen LogP contribution in [0.3, 0.4) is 0 Å². The van der Waals surface area contributed by atoms with Gasteiger partial charge in [-0.2, -0.15) is 0 Å². The van der Waals surface area contributed by atoms with Crippen molar-refractivity contribution in [3.63, 3.8) is 0 Å². The minimum absolute atomic E-state index is 0.0869. The van der Waals surface area contributed by atoms with E-state index in [1.165, 1.54) is 18.4 Å². The Bertz CT molecular complexity index is 1070. The lowest BCUT2D eigenvalue weighted by atomic mass is 10.0. The number of thiazole rings is 1. The van der Waals surface area contributed by atoms with Crippen molar-refractivity contribution in [1.82, 2.24) is 4.98 Å². The van der Waals surface area contributed by atoms with Crippen molar-refractivity contribution in [2.75, 3.05) is 5.32 Å². The molecule has 3 aromatic rings. The van der Waals surface area contributed by atoms with Crippen LogP contribution in [0.2, 0.25) is 0 Å². The molecule has 0 atom stereocenters. The molecule has 0 aliphatic carbocycles. The van der Waals surface area contributed by atoms with Gasteiger partial charge in [-0.05, 0) is 37.1 Å². The first kappa shape index (κ1) is 17.8. The number of rotatable bonds is 4. The first-order chi connectivity index (χ1) is 12.3. The van der Waals surface area contributed by atoms with Gasteiger partial charge in [0.1, 0.15) is 12.2 Å². The molecule has 8 heteroatoms. The molecule has 0 saturated heterocycles. The maximum Gasteiger partial charge on any atom is 0.358 e. The fourth-order valence-corrected chi connectivity index (χ4v) is 3.12. The number of hydrogen-bond acceptors (Lipinski definition) is 7. The van der Waals surface area contributed by atoms with Crippen molar-refractivity contribution in [3.8, 4) is 0 Å². The molecule has 0 fully saturated rings. The standard InChI is InChI=1S/C18H16N2O5S/c1-9-4-13-12(6-16(22)25-15(13)5-10(9)2)7-24-17(23)14-8-26-18(20-14)19-11(3)21/h4-6,8H,7H2,1-3H3,(H,19,20,21). The number of nitrogens with zero attached hydrogens (tertiary/aromatic N) is 1. The summed E-state index contributed by atoms with van der Waals surface area (Å²) < 4.78 is 10.5. The van der Waals surface area contributed by atoms with Crippen LogP contribution in [0, 0.1) is 13.8 Å². The summed E-state index contributed by atoms with van der Waals surface area (Å²) in [6, 6.07) is 5.00. The van der Waals surface area contributed by atoms with E-state index in [-0.39, 0.29) is 18.2 Å². The van der Waals surface area contributed by atoms with E-state index in [4.69, 9.17) is 9.15 Å². The van der Waals surface area contributed by atoms with Crippen LogP contribution in [0.15, 0.2) is 32.8 Å². The largest absolute Gasteiger partial charge is 0.456 e. The fraction of sp³-hybridized carbons (Fsp3) is 0.222. The molecule has 1 amide bonds. The number of benzene rings is 1. The summed E-state index contributed by atoms with van der Waals surface area (Å²) in [5.41, 5.74) is 2.64. The summed E-state index contributed by atoms with van der Waals surface area (Å²) in [5, 5.41) is 5.04. The van der Waals surface area contributed by atoms with Crippen LogP contribution in [0.4, 0.5) is 5.13 Å². The zero-order chi connectivity index (χ0) is 18.8. The Balaban J connectivity index is 1.82. The Morgan fingerprint density at radius 1 is 1.23 bits per heavy atom. The van der Waals surface area contributed by atoms with E-state index < -0.39 is 11.6 Å². The van der Waals surface area contributed by atoms with Gasteiger partial charge in [0.15, 0.2) is 10.8 Å². The Morgan fingerprint density at radius 3 is 2.69 bits per heavy atom. The predicted octanol–water partition coefficient (Wildman–Crippen LogP) is 3.18. The summed E-state index contributed by atoms with van der Waals surface area (Å²) in [5.74, 6) is -0.907. The molecule has 7 nitrogen and oxygen atoms in total. The highest BCUT2D eigenvalue weighted by Crippen LogP contribution is 2.23. The average molecular weight is 372 g/mol. The van der Waals surface area contributed by atoms with Crippen LogP contribution >= 0.6 is 11.3 Å². The first-order valence-electron chi connectivity index (χ1n) is 7.77. The lowest BCUT2D eigenvalue weighted by molar-refractivity contribution is -0.114. The maximum atomic E-state index is 12.2. The van der Waals surface area contributed by atoms with Crippen LogP contribution in [0.1, 0.15) is 34.1 Å². The Morgan fingerprint density at radius 2 is 1.96 bits per heavy atom. The van der Waals surface area contributed by atoms with E-state index in [0.717, 1.165) is 27.8 Å². The second-order valence-corrected chi connectivity index (χ2v) is 6.68. The third-order valence-electron chi connectivity index (χ3n) is 3.80. The van der Waals surface area contributed by atoms with Gasteiger partial charge in [0, 0.05) is 29.3 Å². The van der Waals surface area contributed by atoms with Crippen molar-refractivity contribution in [1.29, 1.82) is 0 Å². The van der Waals surface area contributed by atoms with Gasteiger partial charge >= 0.3 is 11.6 Å². The molecule has 0 radical (unpaired) electrons. The smallest absolute Gasteiger partial charge is 0.358 e. The number of nitrogens with one attached hydrogen (secondary N) is 1.